The van der Waals surface area contributed by atoms with Crippen LogP contribution in [0, 0.1) is 12.8 Å². The van der Waals surface area contributed by atoms with Crippen molar-refractivity contribution in [2.75, 3.05) is 25.5 Å². The van der Waals surface area contributed by atoms with Gasteiger partial charge < -0.3 is 20.7 Å². The van der Waals surface area contributed by atoms with Crippen LogP contribution in [0.3, 0.4) is 0 Å². The molecule has 0 aromatic heterocycles. The molecule has 6 heteroatoms. The number of hydrogen-bond acceptors (Lipinski definition) is 3. The van der Waals surface area contributed by atoms with Crippen LogP contribution in [-0.4, -0.2) is 32.1 Å². The van der Waals surface area contributed by atoms with E-state index >= 15 is 0 Å². The maximum absolute atomic E-state index is 11.8. The molecule has 0 aliphatic rings. The summed E-state index contributed by atoms with van der Waals surface area (Å²) in [4.78, 5) is 23.2. The van der Waals surface area contributed by atoms with Gasteiger partial charge in [0, 0.05) is 19.0 Å². The topological polar surface area (TPSA) is 79.5 Å². The van der Waals surface area contributed by atoms with Gasteiger partial charge in [0.05, 0.1) is 12.8 Å². The third-order valence-corrected chi connectivity index (χ3v) is 2.93. The van der Waals surface area contributed by atoms with Gasteiger partial charge in [0.15, 0.2) is 0 Å². The Morgan fingerprint density at radius 2 is 1.86 bits per heavy atom. The van der Waals surface area contributed by atoms with Crippen LogP contribution in [0.1, 0.15) is 19.4 Å². The second kappa shape index (κ2) is 8.14. The molecule has 1 rings (SSSR count). The largest absolute Gasteiger partial charge is 0.495 e. The molecule has 21 heavy (non-hydrogen) atoms. The number of anilines is 1. The smallest absolute Gasteiger partial charge is 0.319 e. The van der Waals surface area contributed by atoms with Crippen LogP contribution in [0.5, 0.6) is 5.75 Å². The van der Waals surface area contributed by atoms with Crippen molar-refractivity contribution < 1.29 is 14.3 Å². The van der Waals surface area contributed by atoms with Crippen molar-refractivity contribution in [1.82, 2.24) is 10.6 Å². The fourth-order valence-electron chi connectivity index (χ4n) is 1.69. The van der Waals surface area contributed by atoms with Gasteiger partial charge in [-0.05, 0) is 18.6 Å². The van der Waals surface area contributed by atoms with Gasteiger partial charge in [-0.3, -0.25) is 4.79 Å². The number of urea groups is 1. The lowest BCUT2D eigenvalue weighted by Gasteiger charge is -2.14. The number of aryl methyl sites for hydroxylation is 1. The Bertz CT molecular complexity index is 501. The fraction of sp³-hybridized carbons (Fsp3) is 0.467. The lowest BCUT2D eigenvalue weighted by molar-refractivity contribution is -0.123. The molecule has 0 aliphatic heterocycles. The molecule has 0 fully saturated rings. The lowest BCUT2D eigenvalue weighted by atomic mass is 10.2. The first-order chi connectivity index (χ1) is 9.95. The van der Waals surface area contributed by atoms with E-state index in [0.717, 1.165) is 5.56 Å². The zero-order valence-electron chi connectivity index (χ0n) is 12.9. The number of carbonyl (C=O) groups is 2. The number of methoxy groups -OCH3 is 1. The molecule has 3 N–H and O–H groups in total. The lowest BCUT2D eigenvalue weighted by Crippen LogP contribution is -2.38. The van der Waals surface area contributed by atoms with Crippen LogP contribution < -0.4 is 20.7 Å². The van der Waals surface area contributed by atoms with E-state index in [1.807, 2.05) is 32.9 Å². The molecule has 0 atom stereocenters. The fourth-order valence-corrected chi connectivity index (χ4v) is 1.69. The maximum Gasteiger partial charge on any atom is 0.319 e. The molecule has 0 aliphatic carbocycles. The number of amides is 3. The molecule has 1 aromatic carbocycles. The average molecular weight is 293 g/mol. The molecule has 0 unspecified atom stereocenters. The van der Waals surface area contributed by atoms with Gasteiger partial charge in [0.2, 0.25) is 5.91 Å². The van der Waals surface area contributed by atoms with Crippen molar-refractivity contribution in [1.29, 1.82) is 0 Å². The van der Waals surface area contributed by atoms with Gasteiger partial charge in [-0.1, -0.05) is 26.0 Å². The Labute approximate surface area is 125 Å². The van der Waals surface area contributed by atoms with E-state index in [9.17, 15) is 9.59 Å². The van der Waals surface area contributed by atoms with Crippen LogP contribution in [-0.2, 0) is 4.79 Å². The van der Waals surface area contributed by atoms with E-state index in [-0.39, 0.29) is 17.9 Å². The molecule has 0 spiro atoms. The SMILES string of the molecule is COc1cccc(C)c1NC(=O)NCCNC(=O)C(C)C. The van der Waals surface area contributed by atoms with Gasteiger partial charge >= 0.3 is 6.03 Å². The van der Waals surface area contributed by atoms with E-state index in [1.165, 1.54) is 0 Å². The van der Waals surface area contributed by atoms with Crippen molar-refractivity contribution in [3.8, 4) is 5.75 Å². The van der Waals surface area contributed by atoms with Gasteiger partial charge in [-0.2, -0.15) is 0 Å². The highest BCUT2D eigenvalue weighted by Gasteiger charge is 2.10. The molecule has 116 valence electrons. The number of para-hydroxylation sites is 1. The molecule has 0 radical (unpaired) electrons. The quantitative estimate of drug-likeness (QED) is 0.701. The van der Waals surface area contributed by atoms with Crippen molar-refractivity contribution in [3.63, 3.8) is 0 Å². The normalized spacial score (nSPS) is 10.1. The Morgan fingerprint density at radius 3 is 2.48 bits per heavy atom. The Morgan fingerprint density at radius 1 is 1.19 bits per heavy atom. The van der Waals surface area contributed by atoms with Gasteiger partial charge in [0.25, 0.3) is 0 Å². The number of hydrogen-bond donors (Lipinski definition) is 3. The Kier molecular flexibility index (Phi) is 6.52. The highest BCUT2D eigenvalue weighted by atomic mass is 16.5. The van der Waals surface area contributed by atoms with Crippen molar-refractivity contribution >= 4 is 17.6 Å². The van der Waals surface area contributed by atoms with Gasteiger partial charge in [0.1, 0.15) is 5.75 Å². The number of carbonyl (C=O) groups excluding carboxylic acids is 2. The van der Waals surface area contributed by atoms with Crippen LogP contribution in [0.4, 0.5) is 10.5 Å². The summed E-state index contributed by atoms with van der Waals surface area (Å²) in [5.41, 5.74) is 1.56. The van der Waals surface area contributed by atoms with E-state index in [4.69, 9.17) is 4.74 Å². The van der Waals surface area contributed by atoms with Gasteiger partial charge in [-0.25, -0.2) is 4.79 Å². The summed E-state index contributed by atoms with van der Waals surface area (Å²) in [7, 11) is 1.55. The first-order valence-corrected chi connectivity index (χ1v) is 6.92. The molecular weight excluding hydrogens is 270 g/mol. The molecule has 3 amide bonds. The zero-order chi connectivity index (χ0) is 15.8. The predicted octanol–water partition coefficient (Wildman–Crippen LogP) is 1.90. The highest BCUT2D eigenvalue weighted by molar-refractivity contribution is 5.92. The van der Waals surface area contributed by atoms with Crippen molar-refractivity contribution in [2.45, 2.75) is 20.8 Å². The monoisotopic (exact) mass is 293 g/mol. The molecule has 6 nitrogen and oxygen atoms in total. The maximum atomic E-state index is 11.8. The summed E-state index contributed by atoms with van der Waals surface area (Å²) in [5.74, 6) is 0.520. The molecule has 1 aromatic rings. The Hall–Kier alpha value is -2.24. The van der Waals surface area contributed by atoms with E-state index < -0.39 is 0 Å². The molecule has 0 saturated heterocycles. The second-order valence-corrected chi connectivity index (χ2v) is 4.98. The van der Waals surface area contributed by atoms with Crippen LogP contribution in [0.2, 0.25) is 0 Å². The first kappa shape index (κ1) is 16.8. The standard InChI is InChI=1S/C15H23N3O3/c1-10(2)14(19)16-8-9-17-15(20)18-13-11(3)6-5-7-12(13)21-4/h5-7,10H,8-9H2,1-4H3,(H,16,19)(H2,17,18,20). The number of rotatable bonds is 6. The highest BCUT2D eigenvalue weighted by Crippen LogP contribution is 2.27. The van der Waals surface area contributed by atoms with E-state index in [2.05, 4.69) is 16.0 Å². The minimum absolute atomic E-state index is 0.0298. The summed E-state index contributed by atoms with van der Waals surface area (Å²) < 4.78 is 5.21. The number of benzene rings is 1. The van der Waals surface area contributed by atoms with Crippen LogP contribution in [0.15, 0.2) is 18.2 Å². The van der Waals surface area contributed by atoms with Gasteiger partial charge in [-0.15, -0.1) is 0 Å². The summed E-state index contributed by atoms with van der Waals surface area (Å²) in [6.45, 7) is 6.29. The average Bonchev–Trinajstić information content (AvgIpc) is 2.45. The predicted molar refractivity (Wildman–Crippen MR) is 82.6 cm³/mol. The molecular formula is C15H23N3O3. The number of ether oxygens (including phenoxy) is 1. The summed E-state index contributed by atoms with van der Waals surface area (Å²) in [6, 6.07) is 5.20. The van der Waals surface area contributed by atoms with Crippen LogP contribution in [0.25, 0.3) is 0 Å². The Balaban J connectivity index is 2.43. The molecule has 0 heterocycles. The van der Waals surface area contributed by atoms with E-state index in [0.29, 0.717) is 24.5 Å². The summed E-state index contributed by atoms with van der Waals surface area (Å²) in [5, 5.41) is 8.17. The van der Waals surface area contributed by atoms with Crippen LogP contribution >= 0.6 is 0 Å². The zero-order valence-corrected chi connectivity index (χ0v) is 12.9. The third-order valence-electron chi connectivity index (χ3n) is 2.93. The van der Waals surface area contributed by atoms with E-state index in [1.54, 1.807) is 13.2 Å². The number of nitrogens with one attached hydrogen (secondary N) is 3. The molecule has 0 bridgehead atoms. The first-order valence-electron chi connectivity index (χ1n) is 6.92. The molecule has 0 saturated carbocycles. The second-order valence-electron chi connectivity index (χ2n) is 4.98. The third kappa shape index (κ3) is 5.33. The summed E-state index contributed by atoms with van der Waals surface area (Å²) in [6.07, 6.45) is 0. The van der Waals surface area contributed by atoms with Crippen molar-refractivity contribution in [2.24, 2.45) is 5.92 Å². The minimum atomic E-state index is -0.332. The minimum Gasteiger partial charge on any atom is -0.495 e. The summed E-state index contributed by atoms with van der Waals surface area (Å²) >= 11 is 0. The van der Waals surface area contributed by atoms with Crippen molar-refractivity contribution in [3.05, 3.63) is 23.8 Å².